The Bertz CT molecular complexity index is 448. The molecule has 1 aliphatic rings. The average Bonchev–Trinajstić information content (AvgIpc) is 2.63. The second kappa shape index (κ2) is 4.26. The molecule has 1 N–H and O–H groups in total. The van der Waals surface area contributed by atoms with Crippen molar-refractivity contribution in [2.24, 2.45) is 0 Å². The normalized spacial score (nSPS) is 13.9. The maximum absolute atomic E-state index is 10.5. The molecular weight excluding hydrogens is 208 g/mol. The molecule has 1 heterocycles. The molecule has 0 saturated heterocycles. The fourth-order valence-electron chi connectivity index (χ4n) is 1.63. The molecule has 0 amide bonds. The molecule has 1 aromatic carbocycles. The van der Waals surface area contributed by atoms with E-state index in [1.165, 1.54) is 6.08 Å². The molecule has 2 rings (SSSR count). The van der Waals surface area contributed by atoms with Crippen LogP contribution in [0.25, 0.3) is 0 Å². The van der Waals surface area contributed by atoms with Crippen molar-refractivity contribution in [2.75, 3.05) is 6.79 Å². The molecule has 0 saturated carbocycles. The van der Waals surface area contributed by atoms with E-state index < -0.39 is 5.97 Å². The fourth-order valence-corrected chi connectivity index (χ4v) is 1.63. The van der Waals surface area contributed by atoms with Crippen LogP contribution in [-0.2, 0) is 11.2 Å². The lowest BCUT2D eigenvalue weighted by Crippen LogP contribution is -1.94. The van der Waals surface area contributed by atoms with Crippen molar-refractivity contribution in [2.45, 2.75) is 13.3 Å². The predicted octanol–water partition coefficient (Wildman–Crippen LogP) is 1.99. The first kappa shape index (κ1) is 10.5. The predicted molar refractivity (Wildman–Crippen MR) is 57.7 cm³/mol. The van der Waals surface area contributed by atoms with E-state index in [1.54, 1.807) is 6.92 Å². The molecule has 84 valence electrons. The van der Waals surface area contributed by atoms with Crippen molar-refractivity contribution in [3.05, 3.63) is 35.4 Å². The van der Waals surface area contributed by atoms with E-state index in [9.17, 15) is 4.79 Å². The molecule has 1 aromatic rings. The summed E-state index contributed by atoms with van der Waals surface area (Å²) in [6.45, 7) is 2.04. The van der Waals surface area contributed by atoms with E-state index >= 15 is 0 Å². The SMILES string of the molecule is C/C(=C\C(=O)O)Cc1ccc2c(c1)OCO2. The Hall–Kier alpha value is -1.97. The van der Waals surface area contributed by atoms with Crippen LogP contribution in [0.3, 0.4) is 0 Å². The van der Waals surface area contributed by atoms with E-state index in [-0.39, 0.29) is 6.79 Å². The van der Waals surface area contributed by atoms with Gasteiger partial charge in [-0.2, -0.15) is 0 Å². The second-order valence-corrected chi connectivity index (χ2v) is 3.69. The highest BCUT2D eigenvalue weighted by Gasteiger charge is 2.13. The largest absolute Gasteiger partial charge is 0.478 e. The Labute approximate surface area is 93.1 Å². The van der Waals surface area contributed by atoms with Gasteiger partial charge in [0.25, 0.3) is 0 Å². The summed E-state index contributed by atoms with van der Waals surface area (Å²) in [5, 5.41) is 8.60. The molecule has 4 nitrogen and oxygen atoms in total. The summed E-state index contributed by atoms with van der Waals surface area (Å²) in [5.41, 5.74) is 1.81. The van der Waals surface area contributed by atoms with Crippen molar-refractivity contribution >= 4 is 5.97 Å². The third-order valence-corrected chi connectivity index (χ3v) is 2.29. The number of carbonyl (C=O) groups is 1. The highest BCUT2D eigenvalue weighted by atomic mass is 16.7. The van der Waals surface area contributed by atoms with Crippen LogP contribution in [0.5, 0.6) is 11.5 Å². The molecule has 0 bridgehead atoms. The van der Waals surface area contributed by atoms with Crippen molar-refractivity contribution < 1.29 is 19.4 Å². The molecule has 0 unspecified atom stereocenters. The van der Waals surface area contributed by atoms with Gasteiger partial charge in [-0.05, 0) is 31.0 Å². The number of hydrogen-bond donors (Lipinski definition) is 1. The summed E-state index contributed by atoms with van der Waals surface area (Å²) in [6, 6.07) is 5.62. The van der Waals surface area contributed by atoms with Crippen LogP contribution < -0.4 is 9.47 Å². The first-order chi connectivity index (χ1) is 7.65. The molecule has 0 spiro atoms. The number of fused-ring (bicyclic) bond motifs is 1. The summed E-state index contributed by atoms with van der Waals surface area (Å²) in [4.78, 5) is 10.5. The van der Waals surface area contributed by atoms with Crippen LogP contribution in [0.1, 0.15) is 12.5 Å². The first-order valence-corrected chi connectivity index (χ1v) is 4.94. The van der Waals surface area contributed by atoms with E-state index in [1.807, 2.05) is 18.2 Å². The van der Waals surface area contributed by atoms with E-state index in [0.717, 1.165) is 22.6 Å². The minimum absolute atomic E-state index is 0.253. The van der Waals surface area contributed by atoms with Crippen LogP contribution in [0.2, 0.25) is 0 Å². The highest BCUT2D eigenvalue weighted by molar-refractivity contribution is 5.80. The van der Waals surface area contributed by atoms with E-state index in [0.29, 0.717) is 6.42 Å². The lowest BCUT2D eigenvalue weighted by molar-refractivity contribution is -0.131. The smallest absolute Gasteiger partial charge is 0.328 e. The van der Waals surface area contributed by atoms with E-state index in [4.69, 9.17) is 14.6 Å². The van der Waals surface area contributed by atoms with Gasteiger partial charge in [0.2, 0.25) is 6.79 Å². The molecule has 0 fully saturated rings. The summed E-state index contributed by atoms with van der Waals surface area (Å²) >= 11 is 0. The molecule has 16 heavy (non-hydrogen) atoms. The van der Waals surface area contributed by atoms with Gasteiger partial charge in [-0.25, -0.2) is 4.79 Å². The van der Waals surface area contributed by atoms with Gasteiger partial charge < -0.3 is 14.6 Å². The van der Waals surface area contributed by atoms with Crippen molar-refractivity contribution in [1.29, 1.82) is 0 Å². The summed E-state index contributed by atoms with van der Waals surface area (Å²) in [5.74, 6) is 0.544. The maximum atomic E-state index is 10.5. The zero-order valence-corrected chi connectivity index (χ0v) is 8.90. The number of ether oxygens (including phenoxy) is 2. The van der Waals surface area contributed by atoms with E-state index in [2.05, 4.69) is 0 Å². The van der Waals surface area contributed by atoms with Crippen molar-refractivity contribution in [1.82, 2.24) is 0 Å². The molecule has 0 aliphatic carbocycles. The number of allylic oxidation sites excluding steroid dienone is 1. The van der Waals surface area contributed by atoms with Crippen LogP contribution >= 0.6 is 0 Å². The number of aliphatic carboxylic acids is 1. The number of rotatable bonds is 3. The Balaban J connectivity index is 2.14. The minimum atomic E-state index is -0.918. The summed E-state index contributed by atoms with van der Waals surface area (Å²) in [7, 11) is 0. The monoisotopic (exact) mass is 220 g/mol. The minimum Gasteiger partial charge on any atom is -0.478 e. The van der Waals surface area contributed by atoms with Crippen LogP contribution in [-0.4, -0.2) is 17.9 Å². The maximum Gasteiger partial charge on any atom is 0.328 e. The van der Waals surface area contributed by atoms with Crippen molar-refractivity contribution in [3.63, 3.8) is 0 Å². The van der Waals surface area contributed by atoms with Crippen LogP contribution in [0.4, 0.5) is 0 Å². The Morgan fingerprint density at radius 3 is 2.94 bits per heavy atom. The molecule has 4 heteroatoms. The van der Waals surface area contributed by atoms with Gasteiger partial charge in [0.15, 0.2) is 11.5 Å². The molecule has 1 aliphatic heterocycles. The molecule has 0 aromatic heterocycles. The zero-order valence-electron chi connectivity index (χ0n) is 8.90. The second-order valence-electron chi connectivity index (χ2n) is 3.69. The summed E-state index contributed by atoms with van der Waals surface area (Å²) < 4.78 is 10.4. The van der Waals surface area contributed by atoms with Gasteiger partial charge in [0, 0.05) is 6.08 Å². The average molecular weight is 220 g/mol. The van der Waals surface area contributed by atoms with Gasteiger partial charge in [0.1, 0.15) is 0 Å². The number of hydrogen-bond acceptors (Lipinski definition) is 3. The standard InChI is InChI=1S/C12H12O4/c1-8(5-12(13)14)4-9-2-3-10-11(6-9)16-7-15-10/h2-3,5-6H,4,7H2,1H3,(H,13,14)/b8-5+. The van der Waals surface area contributed by atoms with Gasteiger partial charge in [0.05, 0.1) is 0 Å². The van der Waals surface area contributed by atoms with Gasteiger partial charge in [-0.1, -0.05) is 11.6 Å². The molecule has 0 radical (unpaired) electrons. The number of carboxylic acids is 1. The topological polar surface area (TPSA) is 55.8 Å². The molecular formula is C12H12O4. The van der Waals surface area contributed by atoms with Crippen LogP contribution in [0.15, 0.2) is 29.8 Å². The Morgan fingerprint density at radius 2 is 2.19 bits per heavy atom. The lowest BCUT2D eigenvalue weighted by Gasteiger charge is -2.02. The number of carboxylic acid groups (broad SMARTS) is 1. The zero-order chi connectivity index (χ0) is 11.5. The van der Waals surface area contributed by atoms with Gasteiger partial charge >= 0.3 is 5.97 Å². The Kier molecular flexibility index (Phi) is 2.81. The number of benzene rings is 1. The third-order valence-electron chi connectivity index (χ3n) is 2.29. The lowest BCUT2D eigenvalue weighted by atomic mass is 10.1. The first-order valence-electron chi connectivity index (χ1n) is 4.94. The van der Waals surface area contributed by atoms with Crippen molar-refractivity contribution in [3.8, 4) is 11.5 Å². The fraction of sp³-hybridized carbons (Fsp3) is 0.250. The highest BCUT2D eigenvalue weighted by Crippen LogP contribution is 2.32. The van der Waals surface area contributed by atoms with Gasteiger partial charge in [-0.3, -0.25) is 0 Å². The van der Waals surface area contributed by atoms with Gasteiger partial charge in [-0.15, -0.1) is 0 Å². The quantitative estimate of drug-likeness (QED) is 0.791. The Morgan fingerprint density at radius 1 is 1.44 bits per heavy atom. The summed E-state index contributed by atoms with van der Waals surface area (Å²) in [6.07, 6.45) is 1.81. The molecule has 0 atom stereocenters. The third kappa shape index (κ3) is 2.34. The van der Waals surface area contributed by atoms with Crippen LogP contribution in [0, 0.1) is 0 Å².